The maximum absolute atomic E-state index is 5.84. The summed E-state index contributed by atoms with van der Waals surface area (Å²) < 4.78 is 0.925. The Kier molecular flexibility index (Phi) is 5.13. The van der Waals surface area contributed by atoms with E-state index in [2.05, 4.69) is 26.2 Å². The number of hydrogen-bond donors (Lipinski definition) is 1. The van der Waals surface area contributed by atoms with Crippen LogP contribution in [-0.2, 0) is 0 Å². The van der Waals surface area contributed by atoms with Crippen molar-refractivity contribution in [1.82, 2.24) is 4.98 Å². The maximum Gasteiger partial charge on any atom is 0.140 e. The van der Waals surface area contributed by atoms with E-state index in [0.717, 1.165) is 16.8 Å². The summed E-state index contributed by atoms with van der Waals surface area (Å²) in [5, 5.41) is 4.70. The van der Waals surface area contributed by atoms with Crippen LogP contribution in [0, 0.1) is 0 Å². The van der Waals surface area contributed by atoms with E-state index < -0.39 is 0 Å². The molecule has 0 saturated carbocycles. The van der Waals surface area contributed by atoms with Crippen LogP contribution in [-0.4, -0.2) is 34.0 Å². The number of hydrogen-bond acceptors (Lipinski definition) is 4. The van der Waals surface area contributed by atoms with E-state index in [0.29, 0.717) is 10.3 Å². The van der Waals surface area contributed by atoms with Crippen LogP contribution in [0.1, 0.15) is 0 Å². The molecule has 16 heavy (non-hydrogen) atoms. The molecule has 1 aliphatic rings. The molecule has 1 fully saturated rings. The van der Waals surface area contributed by atoms with Crippen LogP contribution in [0.3, 0.4) is 0 Å². The smallest absolute Gasteiger partial charge is 0.140 e. The minimum atomic E-state index is 0.653. The largest absolute Gasteiger partial charge is 0.368 e. The third-order valence-corrected chi connectivity index (χ3v) is 5.85. The first kappa shape index (κ1) is 12.9. The molecule has 1 aromatic rings. The van der Waals surface area contributed by atoms with Gasteiger partial charge in [0.15, 0.2) is 0 Å². The molecule has 6 heteroatoms. The van der Waals surface area contributed by atoms with E-state index in [-0.39, 0.29) is 0 Å². The van der Waals surface area contributed by atoms with Crippen molar-refractivity contribution in [3.05, 3.63) is 21.8 Å². The minimum absolute atomic E-state index is 0.653. The van der Waals surface area contributed by atoms with Gasteiger partial charge in [-0.1, -0.05) is 11.6 Å². The van der Waals surface area contributed by atoms with Crippen LogP contribution in [0.5, 0.6) is 0 Å². The monoisotopic (exact) mass is 338 g/mol. The number of halogens is 2. The van der Waals surface area contributed by atoms with Crippen LogP contribution >= 0.6 is 51.1 Å². The Hall–Kier alpha value is 0.420. The van der Waals surface area contributed by atoms with Crippen molar-refractivity contribution >= 4 is 56.9 Å². The Labute approximate surface area is 117 Å². The minimum Gasteiger partial charge on any atom is -0.368 e. The number of anilines is 1. The molecule has 2 nitrogen and oxygen atoms in total. The number of nitrogens with one attached hydrogen (secondary N) is 1. The summed E-state index contributed by atoms with van der Waals surface area (Å²) >= 11 is 13.4. The molecule has 1 saturated heterocycles. The molecule has 88 valence electrons. The summed E-state index contributed by atoms with van der Waals surface area (Å²) in [5.41, 5.74) is 0. The highest BCUT2D eigenvalue weighted by Crippen LogP contribution is 2.26. The fraction of sp³-hybridized carbons (Fsp3) is 0.500. The summed E-state index contributed by atoms with van der Waals surface area (Å²) in [7, 11) is 0. The Morgan fingerprint density at radius 2 is 2.44 bits per heavy atom. The zero-order valence-electron chi connectivity index (χ0n) is 8.58. The van der Waals surface area contributed by atoms with Gasteiger partial charge in [-0.25, -0.2) is 4.98 Å². The van der Waals surface area contributed by atoms with E-state index in [4.69, 9.17) is 11.6 Å². The first-order chi connectivity index (χ1) is 7.75. The summed E-state index contributed by atoms with van der Waals surface area (Å²) in [6.07, 6.45) is 1.66. The van der Waals surface area contributed by atoms with Crippen molar-refractivity contribution in [3.63, 3.8) is 0 Å². The molecule has 0 aromatic carbocycles. The Morgan fingerprint density at radius 3 is 3.12 bits per heavy atom. The fourth-order valence-corrected chi connectivity index (χ4v) is 4.80. The summed E-state index contributed by atoms with van der Waals surface area (Å²) in [6, 6.07) is 1.86. The second-order valence-electron chi connectivity index (χ2n) is 3.43. The van der Waals surface area contributed by atoms with Crippen molar-refractivity contribution in [2.75, 3.05) is 29.1 Å². The third kappa shape index (κ3) is 3.72. The van der Waals surface area contributed by atoms with Gasteiger partial charge in [0, 0.05) is 35.3 Å². The SMILES string of the molecule is Clc1cnc(NCC2CSCCS2)c(Br)c1. The molecular weight excluding hydrogens is 328 g/mol. The van der Waals surface area contributed by atoms with E-state index in [1.807, 2.05) is 29.6 Å². The van der Waals surface area contributed by atoms with E-state index in [1.54, 1.807) is 6.20 Å². The lowest BCUT2D eigenvalue weighted by Crippen LogP contribution is -2.23. The highest BCUT2D eigenvalue weighted by Gasteiger charge is 2.14. The van der Waals surface area contributed by atoms with Crippen LogP contribution < -0.4 is 5.32 Å². The van der Waals surface area contributed by atoms with Crippen LogP contribution in [0.15, 0.2) is 16.7 Å². The number of nitrogens with zero attached hydrogens (tertiary/aromatic N) is 1. The lowest BCUT2D eigenvalue weighted by molar-refractivity contribution is 0.991. The molecule has 2 rings (SSSR count). The molecule has 1 aliphatic heterocycles. The summed E-state index contributed by atoms with van der Waals surface area (Å²) in [6.45, 7) is 0.963. The molecular formula is C10H12BrClN2S2. The standard InChI is InChI=1S/C10H12BrClN2S2/c11-9-3-7(12)4-13-10(9)14-5-8-6-15-1-2-16-8/h3-4,8H,1-2,5-6H2,(H,13,14). The normalized spacial score (nSPS) is 20.8. The third-order valence-electron chi connectivity index (χ3n) is 2.19. The fourth-order valence-electron chi connectivity index (χ4n) is 1.41. The average molecular weight is 340 g/mol. The molecule has 1 N–H and O–H groups in total. The van der Waals surface area contributed by atoms with Crippen molar-refractivity contribution in [1.29, 1.82) is 0 Å². The van der Waals surface area contributed by atoms with Crippen molar-refractivity contribution in [3.8, 4) is 0 Å². The Morgan fingerprint density at radius 1 is 1.56 bits per heavy atom. The molecule has 1 atom stereocenters. The molecule has 0 amide bonds. The van der Waals surface area contributed by atoms with E-state index in [9.17, 15) is 0 Å². The predicted molar refractivity (Wildman–Crippen MR) is 79.0 cm³/mol. The zero-order valence-corrected chi connectivity index (χ0v) is 12.6. The van der Waals surface area contributed by atoms with Crippen LogP contribution in [0.4, 0.5) is 5.82 Å². The van der Waals surface area contributed by atoms with Gasteiger partial charge in [-0.2, -0.15) is 23.5 Å². The van der Waals surface area contributed by atoms with Gasteiger partial charge in [0.2, 0.25) is 0 Å². The topological polar surface area (TPSA) is 24.9 Å². The Bertz CT molecular complexity index is 359. The number of aromatic nitrogens is 1. The van der Waals surface area contributed by atoms with Gasteiger partial charge in [-0.3, -0.25) is 0 Å². The summed E-state index contributed by atoms with van der Waals surface area (Å²) in [5.74, 6) is 4.64. The quantitative estimate of drug-likeness (QED) is 0.906. The van der Waals surface area contributed by atoms with Crippen molar-refractivity contribution in [2.45, 2.75) is 5.25 Å². The molecule has 1 aromatic heterocycles. The molecule has 0 radical (unpaired) electrons. The van der Waals surface area contributed by atoms with Gasteiger partial charge in [0.25, 0.3) is 0 Å². The number of rotatable bonds is 3. The highest BCUT2D eigenvalue weighted by atomic mass is 79.9. The average Bonchev–Trinajstić information content (AvgIpc) is 2.29. The maximum atomic E-state index is 5.84. The second kappa shape index (κ2) is 6.38. The molecule has 0 spiro atoms. The first-order valence-electron chi connectivity index (χ1n) is 5.00. The van der Waals surface area contributed by atoms with Gasteiger partial charge >= 0.3 is 0 Å². The van der Waals surface area contributed by atoms with E-state index >= 15 is 0 Å². The van der Waals surface area contributed by atoms with Crippen LogP contribution in [0.2, 0.25) is 5.02 Å². The number of pyridine rings is 1. The molecule has 1 unspecified atom stereocenters. The van der Waals surface area contributed by atoms with Gasteiger partial charge in [-0.15, -0.1) is 0 Å². The lowest BCUT2D eigenvalue weighted by Gasteiger charge is -2.21. The molecule has 0 aliphatic carbocycles. The second-order valence-corrected chi connectivity index (χ2v) is 7.28. The predicted octanol–water partition coefficient (Wildman–Crippen LogP) is 3.76. The van der Waals surface area contributed by atoms with Crippen molar-refractivity contribution in [2.24, 2.45) is 0 Å². The van der Waals surface area contributed by atoms with Crippen LogP contribution in [0.25, 0.3) is 0 Å². The van der Waals surface area contributed by atoms with Gasteiger partial charge in [-0.05, 0) is 22.0 Å². The van der Waals surface area contributed by atoms with Gasteiger partial charge in [0.05, 0.1) is 9.50 Å². The van der Waals surface area contributed by atoms with Crippen molar-refractivity contribution < 1.29 is 0 Å². The first-order valence-corrected chi connectivity index (χ1v) is 8.37. The van der Waals surface area contributed by atoms with Gasteiger partial charge in [0.1, 0.15) is 5.82 Å². The Balaban J connectivity index is 1.88. The zero-order chi connectivity index (χ0) is 11.4. The number of thioether (sulfide) groups is 2. The highest BCUT2D eigenvalue weighted by molar-refractivity contribution is 9.10. The summed E-state index contributed by atoms with van der Waals surface area (Å²) in [4.78, 5) is 4.26. The lowest BCUT2D eigenvalue weighted by atomic mass is 10.4. The molecule has 2 heterocycles. The molecule has 0 bridgehead atoms. The van der Waals surface area contributed by atoms with Gasteiger partial charge < -0.3 is 5.32 Å². The van der Waals surface area contributed by atoms with E-state index in [1.165, 1.54) is 17.3 Å².